The van der Waals surface area contributed by atoms with Crippen molar-refractivity contribution in [2.24, 2.45) is 11.7 Å². The van der Waals surface area contributed by atoms with Crippen LogP contribution in [-0.2, 0) is 4.79 Å². The fourth-order valence-corrected chi connectivity index (χ4v) is 3.38. The number of nitrogens with two attached hydrogens (primary N) is 1. The molecule has 1 fully saturated rings. The zero-order chi connectivity index (χ0) is 16.4. The van der Waals surface area contributed by atoms with E-state index in [0.717, 1.165) is 19.3 Å². The highest BCUT2D eigenvalue weighted by atomic mass is 16.2. The Bertz CT molecular complexity index is 609. The summed E-state index contributed by atoms with van der Waals surface area (Å²) in [6.45, 7) is 0.459. The molecule has 2 aliphatic rings. The highest BCUT2D eigenvalue weighted by Gasteiger charge is 2.34. The SMILES string of the molecule is N[C@@H]1CCC[C@H]1CC(=O)NCCN1C(=O)c2ccccc2C1=O. The second-order valence-electron chi connectivity index (χ2n) is 6.22. The van der Waals surface area contributed by atoms with Crippen LogP contribution >= 0.6 is 0 Å². The lowest BCUT2D eigenvalue weighted by atomic mass is 10.00. The largest absolute Gasteiger partial charge is 0.354 e. The van der Waals surface area contributed by atoms with Gasteiger partial charge in [0, 0.05) is 25.6 Å². The van der Waals surface area contributed by atoms with E-state index in [4.69, 9.17) is 5.73 Å². The van der Waals surface area contributed by atoms with Gasteiger partial charge in [0.05, 0.1) is 11.1 Å². The molecular weight excluding hydrogens is 294 g/mol. The maximum absolute atomic E-state index is 12.2. The molecule has 2 atom stereocenters. The van der Waals surface area contributed by atoms with E-state index >= 15 is 0 Å². The average molecular weight is 315 g/mol. The molecule has 6 heteroatoms. The summed E-state index contributed by atoms with van der Waals surface area (Å²) in [5.74, 6) is -0.409. The molecule has 0 radical (unpaired) electrons. The third-order valence-electron chi connectivity index (χ3n) is 4.70. The van der Waals surface area contributed by atoms with Crippen LogP contribution in [0.25, 0.3) is 0 Å². The van der Waals surface area contributed by atoms with E-state index in [1.807, 2.05) is 0 Å². The molecule has 1 aliphatic carbocycles. The maximum Gasteiger partial charge on any atom is 0.261 e. The predicted molar refractivity (Wildman–Crippen MR) is 84.8 cm³/mol. The summed E-state index contributed by atoms with van der Waals surface area (Å²) >= 11 is 0. The molecule has 6 nitrogen and oxygen atoms in total. The van der Waals surface area contributed by atoms with Gasteiger partial charge in [-0.2, -0.15) is 0 Å². The summed E-state index contributed by atoms with van der Waals surface area (Å²) in [6, 6.07) is 6.88. The van der Waals surface area contributed by atoms with Crippen LogP contribution in [0.4, 0.5) is 0 Å². The van der Waals surface area contributed by atoms with Gasteiger partial charge >= 0.3 is 0 Å². The molecule has 1 saturated carbocycles. The molecule has 3 N–H and O–H groups in total. The zero-order valence-electron chi connectivity index (χ0n) is 13.0. The number of carbonyl (C=O) groups is 3. The van der Waals surface area contributed by atoms with E-state index in [-0.39, 0.29) is 42.8 Å². The standard InChI is InChI=1S/C17H21N3O3/c18-14-7-3-4-11(14)10-15(21)19-8-9-20-16(22)12-5-1-2-6-13(12)17(20)23/h1-2,5-6,11,14H,3-4,7-10,18H2,(H,19,21)/t11-,14+/m0/s1. The quantitative estimate of drug-likeness (QED) is 0.790. The van der Waals surface area contributed by atoms with E-state index < -0.39 is 0 Å². The third-order valence-corrected chi connectivity index (χ3v) is 4.70. The van der Waals surface area contributed by atoms with Gasteiger partial charge in [-0.25, -0.2) is 0 Å². The van der Waals surface area contributed by atoms with Gasteiger partial charge in [-0.15, -0.1) is 0 Å². The molecule has 3 rings (SSSR count). The second kappa shape index (κ2) is 6.50. The molecule has 1 heterocycles. The molecular formula is C17H21N3O3. The molecule has 1 aromatic rings. The minimum Gasteiger partial charge on any atom is -0.354 e. The Hall–Kier alpha value is -2.21. The first kappa shape index (κ1) is 15.7. The van der Waals surface area contributed by atoms with Crippen molar-refractivity contribution >= 4 is 17.7 Å². The molecule has 1 aromatic carbocycles. The van der Waals surface area contributed by atoms with Gasteiger partial charge in [0.15, 0.2) is 0 Å². The highest BCUT2D eigenvalue weighted by molar-refractivity contribution is 6.21. The van der Waals surface area contributed by atoms with Crippen molar-refractivity contribution < 1.29 is 14.4 Å². The number of hydrogen-bond acceptors (Lipinski definition) is 4. The van der Waals surface area contributed by atoms with Crippen LogP contribution in [0.15, 0.2) is 24.3 Å². The van der Waals surface area contributed by atoms with Gasteiger partial charge in [0.25, 0.3) is 11.8 Å². The van der Waals surface area contributed by atoms with Crippen molar-refractivity contribution in [3.05, 3.63) is 35.4 Å². The fraction of sp³-hybridized carbons (Fsp3) is 0.471. The lowest BCUT2D eigenvalue weighted by Crippen LogP contribution is -2.39. The van der Waals surface area contributed by atoms with Gasteiger partial charge < -0.3 is 11.1 Å². The Labute approximate surface area is 135 Å². The van der Waals surface area contributed by atoms with Crippen molar-refractivity contribution in [1.29, 1.82) is 0 Å². The summed E-state index contributed by atoms with van der Waals surface area (Å²) in [7, 11) is 0. The van der Waals surface area contributed by atoms with Crippen molar-refractivity contribution in [2.75, 3.05) is 13.1 Å². The van der Waals surface area contributed by atoms with E-state index in [1.165, 1.54) is 4.90 Å². The minimum absolute atomic E-state index is 0.0658. The smallest absolute Gasteiger partial charge is 0.261 e. The molecule has 0 bridgehead atoms. The number of nitrogens with zero attached hydrogens (tertiary/aromatic N) is 1. The first-order valence-electron chi connectivity index (χ1n) is 8.05. The molecule has 1 aliphatic heterocycles. The summed E-state index contributed by atoms with van der Waals surface area (Å²) in [5.41, 5.74) is 6.83. The molecule has 0 spiro atoms. The first-order valence-corrected chi connectivity index (χ1v) is 8.05. The van der Waals surface area contributed by atoms with Crippen LogP contribution < -0.4 is 11.1 Å². The minimum atomic E-state index is -0.294. The van der Waals surface area contributed by atoms with Gasteiger partial charge in [0.2, 0.25) is 5.91 Å². The van der Waals surface area contributed by atoms with Gasteiger partial charge in [-0.3, -0.25) is 19.3 Å². The van der Waals surface area contributed by atoms with E-state index in [9.17, 15) is 14.4 Å². The van der Waals surface area contributed by atoms with Gasteiger partial charge in [-0.1, -0.05) is 18.6 Å². The number of benzene rings is 1. The van der Waals surface area contributed by atoms with Crippen LogP contribution in [0.1, 0.15) is 46.4 Å². The van der Waals surface area contributed by atoms with E-state index in [2.05, 4.69) is 5.32 Å². The molecule has 122 valence electrons. The Morgan fingerprint density at radius 1 is 1.17 bits per heavy atom. The second-order valence-corrected chi connectivity index (χ2v) is 6.22. The predicted octanol–water partition coefficient (Wildman–Crippen LogP) is 0.916. The maximum atomic E-state index is 12.2. The van der Waals surface area contributed by atoms with Crippen molar-refractivity contribution in [3.63, 3.8) is 0 Å². The van der Waals surface area contributed by atoms with Crippen LogP contribution in [0, 0.1) is 5.92 Å². The van der Waals surface area contributed by atoms with Gasteiger partial charge in [0.1, 0.15) is 0 Å². The Morgan fingerprint density at radius 2 is 1.83 bits per heavy atom. The monoisotopic (exact) mass is 315 g/mol. The summed E-state index contributed by atoms with van der Waals surface area (Å²) < 4.78 is 0. The van der Waals surface area contributed by atoms with Crippen molar-refractivity contribution in [2.45, 2.75) is 31.7 Å². The zero-order valence-corrected chi connectivity index (χ0v) is 13.0. The lowest BCUT2D eigenvalue weighted by Gasteiger charge is -2.17. The summed E-state index contributed by atoms with van der Waals surface area (Å²) in [6.07, 6.45) is 3.47. The topological polar surface area (TPSA) is 92.5 Å². The number of imide groups is 1. The highest BCUT2D eigenvalue weighted by Crippen LogP contribution is 2.26. The average Bonchev–Trinajstić information content (AvgIpc) is 3.04. The van der Waals surface area contributed by atoms with Crippen LogP contribution in [-0.4, -0.2) is 41.8 Å². The summed E-state index contributed by atoms with van der Waals surface area (Å²) in [4.78, 5) is 37.5. The Balaban J connectivity index is 1.49. The van der Waals surface area contributed by atoms with Crippen molar-refractivity contribution in [3.8, 4) is 0 Å². The van der Waals surface area contributed by atoms with Crippen LogP contribution in [0.3, 0.4) is 0 Å². The van der Waals surface area contributed by atoms with Crippen LogP contribution in [0.2, 0.25) is 0 Å². The Kier molecular flexibility index (Phi) is 4.43. The van der Waals surface area contributed by atoms with Crippen LogP contribution in [0.5, 0.6) is 0 Å². The number of carbonyl (C=O) groups excluding carboxylic acids is 3. The number of nitrogens with one attached hydrogen (secondary N) is 1. The fourth-order valence-electron chi connectivity index (χ4n) is 3.38. The molecule has 3 amide bonds. The number of amides is 3. The van der Waals surface area contributed by atoms with Crippen molar-refractivity contribution in [1.82, 2.24) is 10.2 Å². The number of hydrogen-bond donors (Lipinski definition) is 2. The first-order chi connectivity index (χ1) is 11.1. The number of fused-ring (bicyclic) bond motifs is 1. The summed E-state index contributed by atoms with van der Waals surface area (Å²) in [5, 5.41) is 2.78. The van der Waals surface area contributed by atoms with Gasteiger partial charge in [-0.05, 0) is 30.9 Å². The normalized spacial score (nSPS) is 23.3. The lowest BCUT2D eigenvalue weighted by molar-refractivity contribution is -0.122. The molecule has 23 heavy (non-hydrogen) atoms. The number of rotatable bonds is 5. The molecule has 0 aromatic heterocycles. The van der Waals surface area contributed by atoms with E-state index in [0.29, 0.717) is 17.5 Å². The van der Waals surface area contributed by atoms with E-state index in [1.54, 1.807) is 24.3 Å². The molecule has 0 saturated heterocycles. The Morgan fingerprint density at radius 3 is 2.39 bits per heavy atom. The molecule has 0 unspecified atom stereocenters. The third kappa shape index (κ3) is 3.12.